The van der Waals surface area contributed by atoms with Gasteiger partial charge in [-0.1, -0.05) is 18.2 Å². The highest BCUT2D eigenvalue weighted by molar-refractivity contribution is 6.01. The number of carbonyl (C=O) groups excluding carboxylic acids is 2. The standard InChI is InChI=1S/C16H16N2O3/c1-18(10-11-5-4-8-21-11)16(20)13-9-15(19)17-14-7-3-2-6-12(13)14/h2-8,13H,9-10H2,1H3,(H,17,19). The quantitative estimate of drug-likeness (QED) is 0.941. The summed E-state index contributed by atoms with van der Waals surface area (Å²) >= 11 is 0. The monoisotopic (exact) mass is 284 g/mol. The van der Waals surface area contributed by atoms with Crippen LogP contribution in [0.1, 0.15) is 23.7 Å². The van der Waals surface area contributed by atoms with Crippen LogP contribution in [0.5, 0.6) is 0 Å². The first-order chi connectivity index (χ1) is 10.1. The van der Waals surface area contributed by atoms with E-state index in [4.69, 9.17) is 4.42 Å². The van der Waals surface area contributed by atoms with Crippen LogP contribution in [0.15, 0.2) is 47.1 Å². The first-order valence-electron chi connectivity index (χ1n) is 6.81. The molecule has 0 radical (unpaired) electrons. The zero-order valence-electron chi connectivity index (χ0n) is 11.7. The number of carbonyl (C=O) groups is 2. The summed E-state index contributed by atoms with van der Waals surface area (Å²) in [6.45, 7) is 0.395. The predicted octanol–water partition coefficient (Wildman–Crippen LogP) is 2.36. The minimum Gasteiger partial charge on any atom is -0.467 e. The maximum absolute atomic E-state index is 12.6. The molecule has 3 rings (SSSR count). The summed E-state index contributed by atoms with van der Waals surface area (Å²) in [6, 6.07) is 11.0. The third-order valence-corrected chi connectivity index (χ3v) is 3.65. The molecule has 21 heavy (non-hydrogen) atoms. The topological polar surface area (TPSA) is 62.6 Å². The van der Waals surface area contributed by atoms with Crippen molar-refractivity contribution in [1.29, 1.82) is 0 Å². The van der Waals surface area contributed by atoms with Gasteiger partial charge in [-0.25, -0.2) is 0 Å². The van der Waals surface area contributed by atoms with Gasteiger partial charge in [0.25, 0.3) is 0 Å². The molecule has 1 aromatic carbocycles. The molecule has 0 saturated carbocycles. The number of amides is 2. The molecule has 2 amide bonds. The second kappa shape index (κ2) is 5.44. The van der Waals surface area contributed by atoms with E-state index in [1.165, 1.54) is 0 Å². The van der Waals surface area contributed by atoms with E-state index in [9.17, 15) is 9.59 Å². The Bertz CT molecular complexity index is 664. The van der Waals surface area contributed by atoms with Gasteiger partial charge in [0.2, 0.25) is 11.8 Å². The van der Waals surface area contributed by atoms with Crippen LogP contribution in [0.2, 0.25) is 0 Å². The summed E-state index contributed by atoms with van der Waals surface area (Å²) in [6.07, 6.45) is 1.76. The molecule has 1 aliphatic rings. The fourth-order valence-electron chi connectivity index (χ4n) is 2.61. The zero-order chi connectivity index (χ0) is 14.8. The van der Waals surface area contributed by atoms with Gasteiger partial charge < -0.3 is 14.6 Å². The van der Waals surface area contributed by atoms with E-state index in [2.05, 4.69) is 5.32 Å². The highest BCUT2D eigenvalue weighted by Crippen LogP contribution is 2.33. The molecule has 1 aromatic heterocycles. The number of para-hydroxylation sites is 1. The minimum absolute atomic E-state index is 0.0753. The summed E-state index contributed by atoms with van der Waals surface area (Å²) in [4.78, 5) is 26.0. The molecule has 0 spiro atoms. The Labute approximate surface area is 122 Å². The van der Waals surface area contributed by atoms with E-state index in [1.807, 2.05) is 30.3 Å². The largest absolute Gasteiger partial charge is 0.467 e. The molecule has 0 aliphatic carbocycles. The van der Waals surface area contributed by atoms with Gasteiger partial charge in [0, 0.05) is 19.2 Å². The zero-order valence-corrected chi connectivity index (χ0v) is 11.7. The van der Waals surface area contributed by atoms with Crippen molar-refractivity contribution in [2.24, 2.45) is 0 Å². The lowest BCUT2D eigenvalue weighted by molar-refractivity contribution is -0.134. The molecule has 108 valence electrons. The fraction of sp³-hybridized carbons (Fsp3) is 0.250. The van der Waals surface area contributed by atoms with Crippen molar-refractivity contribution in [2.75, 3.05) is 12.4 Å². The lowest BCUT2D eigenvalue weighted by atomic mass is 9.89. The summed E-state index contributed by atoms with van der Waals surface area (Å²) in [7, 11) is 1.72. The van der Waals surface area contributed by atoms with Crippen molar-refractivity contribution in [2.45, 2.75) is 18.9 Å². The Balaban J connectivity index is 1.82. The molecule has 2 heterocycles. The van der Waals surface area contributed by atoms with Crippen molar-refractivity contribution >= 4 is 17.5 Å². The van der Waals surface area contributed by atoms with Crippen molar-refractivity contribution in [1.82, 2.24) is 4.90 Å². The number of benzene rings is 1. The van der Waals surface area contributed by atoms with Crippen molar-refractivity contribution in [3.8, 4) is 0 Å². The Morgan fingerprint density at radius 2 is 2.14 bits per heavy atom. The molecule has 1 unspecified atom stereocenters. The van der Waals surface area contributed by atoms with E-state index in [1.54, 1.807) is 24.3 Å². The van der Waals surface area contributed by atoms with Crippen molar-refractivity contribution in [3.05, 3.63) is 54.0 Å². The van der Waals surface area contributed by atoms with Gasteiger partial charge in [-0.2, -0.15) is 0 Å². The molecular formula is C16H16N2O3. The molecule has 1 atom stereocenters. The van der Waals surface area contributed by atoms with E-state index in [0.29, 0.717) is 6.54 Å². The van der Waals surface area contributed by atoms with E-state index >= 15 is 0 Å². The Morgan fingerprint density at radius 1 is 1.33 bits per heavy atom. The molecule has 1 N–H and O–H groups in total. The third-order valence-electron chi connectivity index (χ3n) is 3.65. The van der Waals surface area contributed by atoms with Crippen LogP contribution < -0.4 is 5.32 Å². The first kappa shape index (κ1) is 13.4. The average Bonchev–Trinajstić information content (AvgIpc) is 2.98. The van der Waals surface area contributed by atoms with E-state index in [0.717, 1.165) is 17.0 Å². The molecule has 2 aromatic rings. The first-order valence-corrected chi connectivity index (χ1v) is 6.81. The normalized spacial score (nSPS) is 17.0. The fourth-order valence-corrected chi connectivity index (χ4v) is 2.61. The van der Waals surface area contributed by atoms with Crippen molar-refractivity contribution < 1.29 is 14.0 Å². The number of fused-ring (bicyclic) bond motifs is 1. The van der Waals surface area contributed by atoms with Gasteiger partial charge in [0.1, 0.15) is 5.76 Å². The maximum Gasteiger partial charge on any atom is 0.230 e. The Hall–Kier alpha value is -2.56. The molecule has 0 fully saturated rings. The van der Waals surface area contributed by atoms with Crippen molar-refractivity contribution in [3.63, 3.8) is 0 Å². The number of likely N-dealkylation sites (N-methyl/N-ethyl adjacent to an activating group) is 1. The molecule has 0 saturated heterocycles. The summed E-state index contributed by atoms with van der Waals surface area (Å²) in [5, 5.41) is 2.80. The average molecular weight is 284 g/mol. The Morgan fingerprint density at radius 3 is 2.90 bits per heavy atom. The van der Waals surface area contributed by atoms with E-state index < -0.39 is 5.92 Å². The maximum atomic E-state index is 12.6. The predicted molar refractivity (Wildman–Crippen MR) is 77.6 cm³/mol. The van der Waals surface area contributed by atoms with Gasteiger partial charge >= 0.3 is 0 Å². The molecule has 0 bridgehead atoms. The lowest BCUT2D eigenvalue weighted by Crippen LogP contribution is -2.36. The van der Waals surface area contributed by atoms with Gasteiger partial charge in [-0.3, -0.25) is 9.59 Å². The van der Waals surface area contributed by atoms with Gasteiger partial charge in [0.15, 0.2) is 0 Å². The Kier molecular flexibility index (Phi) is 3.48. The minimum atomic E-state index is -0.435. The highest BCUT2D eigenvalue weighted by Gasteiger charge is 2.32. The highest BCUT2D eigenvalue weighted by atomic mass is 16.3. The number of nitrogens with one attached hydrogen (secondary N) is 1. The van der Waals surface area contributed by atoms with Crippen LogP contribution in [0.4, 0.5) is 5.69 Å². The lowest BCUT2D eigenvalue weighted by Gasteiger charge is -2.28. The molecule has 5 heteroatoms. The third kappa shape index (κ3) is 2.67. The van der Waals surface area contributed by atoms with Gasteiger partial charge in [-0.15, -0.1) is 0 Å². The summed E-state index contributed by atoms with van der Waals surface area (Å²) in [5.41, 5.74) is 1.59. The number of hydrogen-bond acceptors (Lipinski definition) is 3. The smallest absolute Gasteiger partial charge is 0.230 e. The number of nitrogens with zero attached hydrogens (tertiary/aromatic N) is 1. The SMILES string of the molecule is CN(Cc1ccco1)C(=O)C1CC(=O)Nc2ccccc21. The number of hydrogen-bond donors (Lipinski definition) is 1. The van der Waals surface area contributed by atoms with Gasteiger partial charge in [0.05, 0.1) is 18.7 Å². The molecular weight excluding hydrogens is 268 g/mol. The van der Waals surface area contributed by atoms with E-state index in [-0.39, 0.29) is 18.2 Å². The number of anilines is 1. The molecule has 5 nitrogen and oxygen atoms in total. The van der Waals surface area contributed by atoms with Crippen LogP contribution in [-0.2, 0) is 16.1 Å². The van der Waals surface area contributed by atoms with Crippen LogP contribution in [0, 0.1) is 0 Å². The second-order valence-corrected chi connectivity index (χ2v) is 5.17. The second-order valence-electron chi connectivity index (χ2n) is 5.17. The van der Waals surface area contributed by atoms with Crippen LogP contribution in [0.3, 0.4) is 0 Å². The molecule has 1 aliphatic heterocycles. The number of furan rings is 1. The van der Waals surface area contributed by atoms with Crippen LogP contribution in [0.25, 0.3) is 0 Å². The summed E-state index contributed by atoms with van der Waals surface area (Å²) in [5.74, 6) is 0.0847. The van der Waals surface area contributed by atoms with Crippen LogP contribution in [-0.4, -0.2) is 23.8 Å². The number of rotatable bonds is 3. The van der Waals surface area contributed by atoms with Crippen LogP contribution >= 0.6 is 0 Å². The van der Waals surface area contributed by atoms with Gasteiger partial charge in [-0.05, 0) is 23.8 Å². The summed E-state index contributed by atoms with van der Waals surface area (Å²) < 4.78 is 5.26.